The minimum atomic E-state index is -1.01. The zero-order chi connectivity index (χ0) is 22.3. The van der Waals surface area contributed by atoms with Gasteiger partial charge in [-0.1, -0.05) is 19.1 Å². The van der Waals surface area contributed by atoms with E-state index in [0.29, 0.717) is 12.0 Å². The molecule has 2 N–H and O–H groups in total. The van der Waals surface area contributed by atoms with Crippen LogP contribution in [-0.2, 0) is 17.8 Å². The third kappa shape index (κ3) is 3.41. The van der Waals surface area contributed by atoms with Gasteiger partial charge in [0.15, 0.2) is 23.4 Å². The molecular weight excluding hydrogens is 405 g/mol. The van der Waals surface area contributed by atoms with Gasteiger partial charge in [-0.05, 0) is 17.7 Å². The number of pyridine rings is 2. The fourth-order valence-electron chi connectivity index (χ4n) is 3.73. The van der Waals surface area contributed by atoms with Gasteiger partial charge < -0.3 is 15.2 Å². The molecular formula is C22H20FN3O5. The fourth-order valence-corrected chi connectivity index (χ4v) is 3.73. The standard InChI is InChI=1S/C22H20FN3O5/c1-3-14(27)16-19(28)17-18-20(31-15(21(29)24-2)10-26(18)22(16)30)12(9-25-17)8-11-4-6-13(23)7-5-11/h4-7,9,15,28H,3,8,10H2,1-2H3,(H,24,29)/t15-/m1/s1. The highest BCUT2D eigenvalue weighted by Crippen LogP contribution is 2.37. The molecule has 1 aromatic carbocycles. The maximum atomic E-state index is 13.3. The number of aromatic hydroxyl groups is 1. The van der Waals surface area contributed by atoms with E-state index in [-0.39, 0.29) is 41.1 Å². The Labute approximate surface area is 176 Å². The molecule has 0 unspecified atom stereocenters. The van der Waals surface area contributed by atoms with Gasteiger partial charge in [0.05, 0.1) is 6.54 Å². The van der Waals surface area contributed by atoms with Crippen molar-refractivity contribution in [1.82, 2.24) is 14.9 Å². The van der Waals surface area contributed by atoms with Crippen molar-refractivity contribution in [3.05, 3.63) is 63.3 Å². The minimum Gasteiger partial charge on any atom is -0.505 e. The number of hydrogen-bond donors (Lipinski definition) is 2. The molecule has 1 aliphatic heterocycles. The van der Waals surface area contributed by atoms with E-state index in [4.69, 9.17) is 4.74 Å². The summed E-state index contributed by atoms with van der Waals surface area (Å²) in [6.07, 6.45) is 0.770. The number of ether oxygens (including phenoxy) is 1. The number of hydrogen-bond acceptors (Lipinski definition) is 6. The lowest BCUT2D eigenvalue weighted by molar-refractivity contribution is -0.128. The maximum absolute atomic E-state index is 13.3. The quantitative estimate of drug-likeness (QED) is 0.605. The van der Waals surface area contributed by atoms with Crippen molar-refractivity contribution >= 4 is 22.7 Å². The lowest BCUT2D eigenvalue weighted by Crippen LogP contribution is -2.45. The molecule has 3 aromatic rings. The zero-order valence-electron chi connectivity index (χ0n) is 16.9. The first-order valence-corrected chi connectivity index (χ1v) is 9.78. The van der Waals surface area contributed by atoms with Gasteiger partial charge in [-0.15, -0.1) is 0 Å². The predicted octanol–water partition coefficient (Wildman–Crippen LogP) is 1.93. The zero-order valence-corrected chi connectivity index (χ0v) is 16.9. The van der Waals surface area contributed by atoms with Crippen molar-refractivity contribution in [3.63, 3.8) is 0 Å². The first-order valence-electron chi connectivity index (χ1n) is 9.78. The summed E-state index contributed by atoms with van der Waals surface area (Å²) in [6, 6.07) is 5.87. The number of rotatable bonds is 5. The number of Topliss-reactive ketones (excluding diaryl/α,β-unsaturated/α-hetero) is 1. The minimum absolute atomic E-state index is 0.0270. The number of amides is 1. The number of nitrogens with one attached hydrogen (secondary N) is 1. The Bertz CT molecular complexity index is 1270. The van der Waals surface area contributed by atoms with Gasteiger partial charge in [0.2, 0.25) is 0 Å². The summed E-state index contributed by atoms with van der Waals surface area (Å²) in [5.74, 6) is -1.61. The van der Waals surface area contributed by atoms with Crippen LogP contribution < -0.4 is 15.6 Å². The van der Waals surface area contributed by atoms with Crippen molar-refractivity contribution in [3.8, 4) is 11.5 Å². The maximum Gasteiger partial charge on any atom is 0.266 e. The summed E-state index contributed by atoms with van der Waals surface area (Å²) in [5.41, 5.74) is 0.531. The molecule has 160 valence electrons. The van der Waals surface area contributed by atoms with Crippen molar-refractivity contribution in [2.75, 3.05) is 7.05 Å². The highest BCUT2D eigenvalue weighted by atomic mass is 19.1. The topological polar surface area (TPSA) is 111 Å². The van der Waals surface area contributed by atoms with Crippen LogP contribution in [-0.4, -0.2) is 39.5 Å². The van der Waals surface area contributed by atoms with E-state index in [0.717, 1.165) is 5.56 Å². The molecule has 31 heavy (non-hydrogen) atoms. The van der Waals surface area contributed by atoms with Crippen molar-refractivity contribution < 1.29 is 23.8 Å². The van der Waals surface area contributed by atoms with Crippen LogP contribution in [0.5, 0.6) is 11.5 Å². The second-order valence-corrected chi connectivity index (χ2v) is 7.25. The second kappa shape index (κ2) is 7.82. The molecule has 0 aliphatic carbocycles. The highest BCUT2D eigenvalue weighted by Gasteiger charge is 2.33. The van der Waals surface area contributed by atoms with Crippen LogP contribution >= 0.6 is 0 Å². The predicted molar refractivity (Wildman–Crippen MR) is 110 cm³/mol. The fraction of sp³-hybridized carbons (Fsp3) is 0.273. The first kappa shape index (κ1) is 20.5. The van der Waals surface area contributed by atoms with Gasteiger partial charge in [0.1, 0.15) is 22.4 Å². The Balaban J connectivity index is 1.97. The molecule has 0 fully saturated rings. The molecule has 9 heteroatoms. The van der Waals surface area contributed by atoms with E-state index in [2.05, 4.69) is 10.3 Å². The number of ketones is 1. The molecule has 0 bridgehead atoms. The monoisotopic (exact) mass is 425 g/mol. The van der Waals surface area contributed by atoms with E-state index in [1.807, 2.05) is 0 Å². The summed E-state index contributed by atoms with van der Waals surface area (Å²) in [7, 11) is 1.45. The van der Waals surface area contributed by atoms with E-state index < -0.39 is 29.1 Å². The largest absolute Gasteiger partial charge is 0.505 e. The van der Waals surface area contributed by atoms with Gasteiger partial charge in [-0.3, -0.25) is 23.9 Å². The summed E-state index contributed by atoms with van der Waals surface area (Å²) >= 11 is 0. The summed E-state index contributed by atoms with van der Waals surface area (Å²) in [6.45, 7) is 1.46. The molecule has 1 atom stereocenters. The van der Waals surface area contributed by atoms with Crippen LogP contribution in [0.25, 0.3) is 11.0 Å². The Kier molecular flexibility index (Phi) is 5.18. The van der Waals surface area contributed by atoms with Crippen LogP contribution in [0.1, 0.15) is 34.8 Å². The molecule has 4 rings (SSSR count). The van der Waals surface area contributed by atoms with Crippen LogP contribution in [0.3, 0.4) is 0 Å². The normalized spacial score (nSPS) is 14.9. The lowest BCUT2D eigenvalue weighted by atomic mass is 10.0. The second-order valence-electron chi connectivity index (χ2n) is 7.25. The molecule has 0 spiro atoms. The molecule has 8 nitrogen and oxygen atoms in total. The Morgan fingerprint density at radius 1 is 1.32 bits per heavy atom. The number of carbonyl (C=O) groups is 2. The summed E-state index contributed by atoms with van der Waals surface area (Å²) in [5, 5.41) is 13.2. The molecule has 0 radical (unpaired) electrons. The molecule has 1 amide bonds. The number of likely N-dealkylation sites (N-methyl/N-ethyl adjacent to an activating group) is 1. The van der Waals surface area contributed by atoms with Crippen LogP contribution in [0.2, 0.25) is 0 Å². The van der Waals surface area contributed by atoms with Gasteiger partial charge in [0, 0.05) is 31.6 Å². The van der Waals surface area contributed by atoms with Gasteiger partial charge in [0.25, 0.3) is 11.5 Å². The Morgan fingerprint density at radius 3 is 2.68 bits per heavy atom. The summed E-state index contributed by atoms with van der Waals surface area (Å²) < 4.78 is 20.5. The highest BCUT2D eigenvalue weighted by molar-refractivity contribution is 6.03. The summed E-state index contributed by atoms with van der Waals surface area (Å²) in [4.78, 5) is 42.1. The smallest absolute Gasteiger partial charge is 0.266 e. The SMILES string of the molecule is CCC(=O)c1c(O)c2ncc(Cc3ccc(F)cc3)c3c2n(c1=O)C[C@H](C(=O)NC)O3. The van der Waals surface area contributed by atoms with Crippen LogP contribution in [0, 0.1) is 5.82 Å². The molecule has 3 heterocycles. The molecule has 0 saturated heterocycles. The van der Waals surface area contributed by atoms with Crippen molar-refractivity contribution in [1.29, 1.82) is 0 Å². The van der Waals surface area contributed by atoms with Crippen LogP contribution in [0.15, 0.2) is 35.3 Å². The Morgan fingerprint density at radius 2 is 2.03 bits per heavy atom. The third-order valence-electron chi connectivity index (χ3n) is 5.33. The first-order chi connectivity index (χ1) is 14.8. The van der Waals surface area contributed by atoms with Gasteiger partial charge in [-0.2, -0.15) is 0 Å². The number of benzene rings is 1. The van der Waals surface area contributed by atoms with Gasteiger partial charge in [-0.25, -0.2) is 4.39 Å². The van der Waals surface area contributed by atoms with Crippen molar-refractivity contribution in [2.45, 2.75) is 32.4 Å². The van der Waals surface area contributed by atoms with Gasteiger partial charge >= 0.3 is 0 Å². The van der Waals surface area contributed by atoms with E-state index in [9.17, 15) is 23.9 Å². The number of halogens is 1. The molecule has 0 saturated carbocycles. The van der Waals surface area contributed by atoms with E-state index >= 15 is 0 Å². The number of carbonyl (C=O) groups excluding carboxylic acids is 2. The van der Waals surface area contributed by atoms with E-state index in [1.165, 1.54) is 29.9 Å². The molecule has 1 aliphatic rings. The van der Waals surface area contributed by atoms with Crippen LogP contribution in [0.4, 0.5) is 4.39 Å². The average Bonchev–Trinajstić information content (AvgIpc) is 2.78. The molecule has 2 aromatic heterocycles. The average molecular weight is 425 g/mol. The third-order valence-corrected chi connectivity index (χ3v) is 5.33. The van der Waals surface area contributed by atoms with E-state index in [1.54, 1.807) is 19.1 Å². The van der Waals surface area contributed by atoms with Crippen molar-refractivity contribution in [2.24, 2.45) is 0 Å². The number of nitrogens with zero attached hydrogens (tertiary/aromatic N) is 2. The lowest BCUT2D eigenvalue weighted by Gasteiger charge is -2.28. The Hall–Kier alpha value is -3.75. The number of aromatic nitrogens is 2.